The number of nitrogens with two attached hydrogens (primary N) is 1. The van der Waals surface area contributed by atoms with Gasteiger partial charge in [-0.05, 0) is 37.1 Å². The van der Waals surface area contributed by atoms with Gasteiger partial charge in [-0.25, -0.2) is 13.6 Å². The van der Waals surface area contributed by atoms with Gasteiger partial charge in [0.1, 0.15) is 0 Å². The number of primary sulfonamides is 1. The van der Waals surface area contributed by atoms with Crippen molar-refractivity contribution in [2.24, 2.45) is 11.1 Å². The highest BCUT2D eigenvalue weighted by Crippen LogP contribution is 2.27. The molecule has 1 aromatic rings. The maximum atomic E-state index is 11.6. The molecule has 0 aromatic heterocycles. The third-order valence-electron chi connectivity index (χ3n) is 2.93. The van der Waals surface area contributed by atoms with E-state index in [9.17, 15) is 13.2 Å². The van der Waals surface area contributed by atoms with E-state index < -0.39 is 10.0 Å². The van der Waals surface area contributed by atoms with Crippen LogP contribution in [-0.2, 0) is 14.8 Å². The van der Waals surface area contributed by atoms with E-state index >= 15 is 0 Å². The Morgan fingerprint density at radius 1 is 1.24 bits per heavy atom. The van der Waals surface area contributed by atoms with Crippen molar-refractivity contribution in [2.75, 3.05) is 5.32 Å². The molecule has 0 atom stereocenters. The van der Waals surface area contributed by atoms with Gasteiger partial charge in [0.25, 0.3) is 0 Å². The first-order valence-corrected chi connectivity index (χ1v) is 6.95. The van der Waals surface area contributed by atoms with Gasteiger partial charge in [-0.2, -0.15) is 0 Å². The van der Waals surface area contributed by atoms with Crippen molar-refractivity contribution in [3.05, 3.63) is 24.3 Å². The molecule has 0 radical (unpaired) electrons. The Morgan fingerprint density at radius 3 is 2.24 bits per heavy atom. The fraction of sp³-hybridized carbons (Fsp3) is 0.364. The van der Waals surface area contributed by atoms with Crippen LogP contribution in [-0.4, -0.2) is 14.3 Å². The number of nitrogens with one attached hydrogen (secondary N) is 1. The highest BCUT2D eigenvalue weighted by Gasteiger charge is 2.25. The molecule has 1 amide bonds. The fourth-order valence-corrected chi connectivity index (χ4v) is 2.16. The van der Waals surface area contributed by atoms with Crippen molar-refractivity contribution >= 4 is 21.6 Å². The SMILES string of the molecule is NS(=O)(=O)c1ccc(NC(=O)C2CCC2)cc1. The molecule has 1 aromatic carbocycles. The molecule has 0 heterocycles. The molecule has 0 saturated heterocycles. The number of hydrogen-bond acceptors (Lipinski definition) is 3. The first-order chi connectivity index (χ1) is 7.97. The molecule has 5 nitrogen and oxygen atoms in total. The summed E-state index contributed by atoms with van der Waals surface area (Å²) in [7, 11) is -3.67. The largest absolute Gasteiger partial charge is 0.326 e. The van der Waals surface area contributed by atoms with E-state index in [0.29, 0.717) is 5.69 Å². The van der Waals surface area contributed by atoms with Crippen molar-refractivity contribution in [2.45, 2.75) is 24.2 Å². The zero-order chi connectivity index (χ0) is 12.5. The molecule has 0 aliphatic heterocycles. The summed E-state index contributed by atoms with van der Waals surface area (Å²) in [6.07, 6.45) is 2.96. The van der Waals surface area contributed by atoms with Gasteiger partial charge in [0.05, 0.1) is 4.90 Å². The van der Waals surface area contributed by atoms with Gasteiger partial charge in [-0.15, -0.1) is 0 Å². The molecule has 1 saturated carbocycles. The summed E-state index contributed by atoms with van der Waals surface area (Å²) in [5.74, 6) is 0.104. The summed E-state index contributed by atoms with van der Waals surface area (Å²) in [6, 6.07) is 5.84. The van der Waals surface area contributed by atoms with Crippen molar-refractivity contribution < 1.29 is 13.2 Å². The van der Waals surface area contributed by atoms with Crippen LogP contribution in [0.25, 0.3) is 0 Å². The lowest BCUT2D eigenvalue weighted by molar-refractivity contribution is -0.122. The molecule has 0 unspecified atom stereocenters. The Bertz CT molecular complexity index is 518. The summed E-state index contributed by atoms with van der Waals surface area (Å²) in [4.78, 5) is 11.7. The second-order valence-electron chi connectivity index (χ2n) is 4.19. The van der Waals surface area contributed by atoms with Crippen LogP contribution in [0, 0.1) is 5.92 Å². The topological polar surface area (TPSA) is 89.3 Å². The molecule has 1 aliphatic carbocycles. The minimum absolute atomic E-state index is 0.000365. The minimum atomic E-state index is -3.67. The average Bonchev–Trinajstić information content (AvgIpc) is 2.13. The van der Waals surface area contributed by atoms with Gasteiger partial charge < -0.3 is 5.32 Å². The summed E-state index contributed by atoms with van der Waals surface area (Å²) >= 11 is 0. The maximum Gasteiger partial charge on any atom is 0.238 e. The summed E-state index contributed by atoms with van der Waals surface area (Å²) in [6.45, 7) is 0. The zero-order valence-corrected chi connectivity index (χ0v) is 10.0. The first kappa shape index (κ1) is 12.1. The van der Waals surface area contributed by atoms with Gasteiger partial charge in [-0.3, -0.25) is 4.79 Å². The predicted molar refractivity (Wildman–Crippen MR) is 63.8 cm³/mol. The number of hydrogen-bond donors (Lipinski definition) is 2. The lowest BCUT2D eigenvalue weighted by Crippen LogP contribution is -2.28. The second-order valence-corrected chi connectivity index (χ2v) is 5.75. The third kappa shape index (κ3) is 2.83. The zero-order valence-electron chi connectivity index (χ0n) is 9.22. The number of carbonyl (C=O) groups excluding carboxylic acids is 1. The predicted octanol–water partition coefficient (Wildman–Crippen LogP) is 1.07. The van der Waals surface area contributed by atoms with Gasteiger partial charge in [0, 0.05) is 11.6 Å². The first-order valence-electron chi connectivity index (χ1n) is 5.40. The van der Waals surface area contributed by atoms with E-state index in [1.807, 2.05) is 0 Å². The molecule has 6 heteroatoms. The molecule has 1 fully saturated rings. The fourth-order valence-electron chi connectivity index (χ4n) is 1.64. The summed E-state index contributed by atoms with van der Waals surface area (Å²) < 4.78 is 22.0. The Kier molecular flexibility index (Phi) is 3.17. The van der Waals surface area contributed by atoms with Crippen LogP contribution in [0.3, 0.4) is 0 Å². The Balaban J connectivity index is 2.05. The molecule has 2 rings (SSSR count). The lowest BCUT2D eigenvalue weighted by Gasteiger charge is -2.24. The molecule has 0 spiro atoms. The molecule has 3 N–H and O–H groups in total. The number of anilines is 1. The third-order valence-corrected chi connectivity index (χ3v) is 3.86. The standard InChI is InChI=1S/C11H14N2O3S/c12-17(15,16)10-6-4-9(5-7-10)13-11(14)8-2-1-3-8/h4-8H,1-3H2,(H,13,14)(H2,12,15,16). The van der Waals surface area contributed by atoms with Crippen molar-refractivity contribution in [1.82, 2.24) is 0 Å². The molecular weight excluding hydrogens is 240 g/mol. The molecule has 0 bridgehead atoms. The number of carbonyl (C=O) groups is 1. The van der Waals surface area contributed by atoms with E-state index in [4.69, 9.17) is 5.14 Å². The molecule has 1 aliphatic rings. The van der Waals surface area contributed by atoms with Crippen LogP contribution >= 0.6 is 0 Å². The highest BCUT2D eigenvalue weighted by molar-refractivity contribution is 7.89. The van der Waals surface area contributed by atoms with Crippen LogP contribution < -0.4 is 10.5 Å². The van der Waals surface area contributed by atoms with Crippen molar-refractivity contribution in [1.29, 1.82) is 0 Å². The number of benzene rings is 1. The maximum absolute atomic E-state index is 11.6. The van der Waals surface area contributed by atoms with E-state index in [0.717, 1.165) is 19.3 Å². The summed E-state index contributed by atoms with van der Waals surface area (Å²) in [5, 5.41) is 7.72. The van der Waals surface area contributed by atoms with Crippen molar-refractivity contribution in [3.63, 3.8) is 0 Å². The Labute approximate surface area is 100 Å². The van der Waals surface area contributed by atoms with Crippen LogP contribution in [0.1, 0.15) is 19.3 Å². The normalized spacial score (nSPS) is 16.3. The van der Waals surface area contributed by atoms with Crippen LogP contribution in [0.4, 0.5) is 5.69 Å². The number of rotatable bonds is 3. The molecule has 92 valence electrons. The van der Waals surface area contributed by atoms with Crippen LogP contribution in [0.15, 0.2) is 29.2 Å². The minimum Gasteiger partial charge on any atom is -0.326 e. The monoisotopic (exact) mass is 254 g/mol. The number of sulfonamides is 1. The van der Waals surface area contributed by atoms with E-state index in [1.165, 1.54) is 24.3 Å². The number of amides is 1. The molecule has 17 heavy (non-hydrogen) atoms. The van der Waals surface area contributed by atoms with Gasteiger partial charge >= 0.3 is 0 Å². The lowest BCUT2D eigenvalue weighted by atomic mass is 9.85. The van der Waals surface area contributed by atoms with Crippen LogP contribution in [0.5, 0.6) is 0 Å². The molecular formula is C11H14N2O3S. The van der Waals surface area contributed by atoms with E-state index in [-0.39, 0.29) is 16.7 Å². The van der Waals surface area contributed by atoms with Crippen LogP contribution in [0.2, 0.25) is 0 Å². The highest BCUT2D eigenvalue weighted by atomic mass is 32.2. The van der Waals surface area contributed by atoms with E-state index in [2.05, 4.69) is 5.32 Å². The van der Waals surface area contributed by atoms with Crippen molar-refractivity contribution in [3.8, 4) is 0 Å². The second kappa shape index (κ2) is 4.46. The Hall–Kier alpha value is -1.40. The van der Waals surface area contributed by atoms with E-state index in [1.54, 1.807) is 0 Å². The smallest absolute Gasteiger partial charge is 0.238 e. The quantitative estimate of drug-likeness (QED) is 0.845. The van der Waals surface area contributed by atoms with Gasteiger partial charge in [-0.1, -0.05) is 6.42 Å². The Morgan fingerprint density at radius 2 is 1.82 bits per heavy atom. The van der Waals surface area contributed by atoms with Gasteiger partial charge in [0.2, 0.25) is 15.9 Å². The summed E-state index contributed by atoms with van der Waals surface area (Å²) in [5.41, 5.74) is 0.592. The average molecular weight is 254 g/mol. The van der Waals surface area contributed by atoms with Gasteiger partial charge in [0.15, 0.2) is 0 Å².